The highest BCUT2D eigenvalue weighted by molar-refractivity contribution is 6.35. The van der Waals surface area contributed by atoms with Crippen molar-refractivity contribution >= 4 is 23.5 Å². The van der Waals surface area contributed by atoms with Gasteiger partial charge in [0.15, 0.2) is 5.78 Å². The Balaban J connectivity index is 2.45. The first-order chi connectivity index (χ1) is 14.5. The average Bonchev–Trinajstić information content (AvgIpc) is 2.70. The number of carbonyl (C=O) groups is 2. The van der Waals surface area contributed by atoms with E-state index in [0.717, 1.165) is 0 Å². The summed E-state index contributed by atoms with van der Waals surface area (Å²) in [5, 5.41) is 11.8. The quantitative estimate of drug-likeness (QED) is 0.586. The maximum Gasteiger partial charge on any atom is 0.408 e. The molecule has 6 nitrogen and oxygen atoms in total. The number of halogens is 2. The highest BCUT2D eigenvalue weighted by Crippen LogP contribution is 2.31. The molecule has 0 spiro atoms. The van der Waals surface area contributed by atoms with Gasteiger partial charge < -0.3 is 14.8 Å². The molecule has 0 saturated heterocycles. The van der Waals surface area contributed by atoms with Gasteiger partial charge in [0, 0.05) is 11.1 Å². The highest BCUT2D eigenvalue weighted by Gasteiger charge is 2.26. The van der Waals surface area contributed by atoms with Crippen LogP contribution in [0.2, 0.25) is 5.02 Å². The van der Waals surface area contributed by atoms with Crippen molar-refractivity contribution in [3.05, 3.63) is 63.4 Å². The predicted octanol–water partition coefficient (Wildman–Crippen LogP) is 5.57. The minimum Gasteiger partial charge on any atom is -0.495 e. The fraction of sp³-hybridized carbons (Fsp3) is 0.348. The van der Waals surface area contributed by atoms with Gasteiger partial charge in [-0.1, -0.05) is 24.6 Å². The van der Waals surface area contributed by atoms with Crippen LogP contribution >= 0.6 is 11.6 Å². The first kappa shape index (κ1) is 24.2. The number of hydrogen-bond acceptors (Lipinski definition) is 5. The molecule has 2 aromatic carbocycles. The minimum atomic E-state index is -0.838. The van der Waals surface area contributed by atoms with Gasteiger partial charge in [0.1, 0.15) is 23.2 Å². The predicted molar refractivity (Wildman–Crippen MR) is 115 cm³/mol. The molecule has 1 amide bonds. The van der Waals surface area contributed by atoms with Crippen molar-refractivity contribution in [3.63, 3.8) is 0 Å². The van der Waals surface area contributed by atoms with Gasteiger partial charge in [-0.25, -0.2) is 9.18 Å². The third-order valence-electron chi connectivity index (χ3n) is 4.40. The number of alkyl carbamates (subject to hydrolysis) is 1. The Kier molecular flexibility index (Phi) is 7.64. The van der Waals surface area contributed by atoms with Gasteiger partial charge in [-0.2, -0.15) is 5.26 Å². The van der Waals surface area contributed by atoms with Crippen LogP contribution in [-0.2, 0) is 4.74 Å². The molecule has 164 valence electrons. The maximum atomic E-state index is 15.4. The normalized spacial score (nSPS) is 11.9. The van der Waals surface area contributed by atoms with Gasteiger partial charge in [-0.05, 0) is 51.5 Å². The van der Waals surface area contributed by atoms with E-state index < -0.39 is 29.3 Å². The maximum absolute atomic E-state index is 15.4. The van der Waals surface area contributed by atoms with Crippen molar-refractivity contribution in [2.24, 2.45) is 0 Å². The number of nitrogens with zero attached hydrogens (tertiary/aromatic N) is 1. The highest BCUT2D eigenvalue weighted by atomic mass is 35.5. The van der Waals surface area contributed by atoms with Gasteiger partial charge in [-0.3, -0.25) is 4.79 Å². The van der Waals surface area contributed by atoms with Gasteiger partial charge in [-0.15, -0.1) is 0 Å². The third-order valence-corrected chi connectivity index (χ3v) is 4.72. The Morgan fingerprint density at radius 3 is 2.48 bits per heavy atom. The number of carbonyl (C=O) groups excluding carboxylic acids is 2. The minimum absolute atomic E-state index is 0.0762. The van der Waals surface area contributed by atoms with Crippen LogP contribution in [0.4, 0.5) is 9.18 Å². The lowest BCUT2D eigenvalue weighted by Gasteiger charge is -2.24. The van der Waals surface area contributed by atoms with Crippen LogP contribution in [0.25, 0.3) is 0 Å². The number of ether oxygens (including phenoxy) is 2. The van der Waals surface area contributed by atoms with Crippen LogP contribution in [0.1, 0.15) is 67.2 Å². The van der Waals surface area contributed by atoms with Crippen LogP contribution < -0.4 is 10.1 Å². The van der Waals surface area contributed by atoms with E-state index in [1.54, 1.807) is 27.7 Å². The largest absolute Gasteiger partial charge is 0.495 e. The summed E-state index contributed by atoms with van der Waals surface area (Å²) in [4.78, 5) is 25.2. The fourth-order valence-corrected chi connectivity index (χ4v) is 3.21. The van der Waals surface area contributed by atoms with Gasteiger partial charge in [0.05, 0.1) is 29.3 Å². The number of amides is 1. The number of rotatable bonds is 6. The van der Waals surface area contributed by atoms with Gasteiger partial charge in [0.2, 0.25) is 0 Å². The van der Waals surface area contributed by atoms with Crippen LogP contribution in [0.3, 0.4) is 0 Å². The lowest BCUT2D eigenvalue weighted by Crippen LogP contribution is -2.35. The standard InChI is InChI=1S/C23H24ClFN2O4/c1-6-17(27-22(29)31-23(2,3)4)15-8-9-16(24)19(20(15)25)21(28)13-7-10-18(30-5)14(11-13)12-26/h7-11,17H,6H2,1-5H3,(H,27,29)/t17-/m1/s1. The molecule has 0 aromatic heterocycles. The van der Waals surface area contributed by atoms with Crippen molar-refractivity contribution < 1.29 is 23.5 Å². The number of hydrogen-bond donors (Lipinski definition) is 1. The molecule has 0 aliphatic heterocycles. The van der Waals surface area contributed by atoms with Crippen molar-refractivity contribution in [3.8, 4) is 11.8 Å². The lowest BCUT2D eigenvalue weighted by atomic mass is 9.95. The first-order valence-electron chi connectivity index (χ1n) is 9.62. The molecule has 0 fully saturated rings. The molecule has 31 heavy (non-hydrogen) atoms. The molecular weight excluding hydrogens is 423 g/mol. The van der Waals surface area contributed by atoms with E-state index in [2.05, 4.69) is 5.32 Å². The van der Waals surface area contributed by atoms with Crippen molar-refractivity contribution in [1.29, 1.82) is 5.26 Å². The molecular formula is C23H24ClFN2O4. The second-order valence-corrected chi connectivity index (χ2v) is 8.20. The topological polar surface area (TPSA) is 88.4 Å². The summed E-state index contributed by atoms with van der Waals surface area (Å²) in [6.45, 7) is 6.92. The monoisotopic (exact) mass is 446 g/mol. The Bertz CT molecular complexity index is 1040. The van der Waals surface area contributed by atoms with E-state index in [0.29, 0.717) is 12.2 Å². The number of benzene rings is 2. The van der Waals surface area contributed by atoms with E-state index in [9.17, 15) is 14.9 Å². The Hall–Kier alpha value is -3.11. The first-order valence-corrected chi connectivity index (χ1v) is 10.00. The summed E-state index contributed by atoms with van der Waals surface area (Å²) in [7, 11) is 1.40. The van der Waals surface area contributed by atoms with E-state index in [4.69, 9.17) is 21.1 Å². The summed E-state index contributed by atoms with van der Waals surface area (Å²) in [6.07, 6.45) is -0.345. The summed E-state index contributed by atoms with van der Waals surface area (Å²) in [5.74, 6) is -1.22. The zero-order valence-corrected chi connectivity index (χ0v) is 18.8. The van der Waals surface area contributed by atoms with E-state index in [-0.39, 0.29) is 27.3 Å². The summed E-state index contributed by atoms with van der Waals surface area (Å²) < 4.78 is 25.8. The molecule has 2 aromatic rings. The van der Waals surface area contributed by atoms with Crippen molar-refractivity contribution in [1.82, 2.24) is 5.32 Å². The van der Waals surface area contributed by atoms with E-state index in [1.807, 2.05) is 6.07 Å². The Morgan fingerprint density at radius 1 is 1.26 bits per heavy atom. The molecule has 0 aliphatic rings. The van der Waals surface area contributed by atoms with E-state index >= 15 is 4.39 Å². The summed E-state index contributed by atoms with van der Waals surface area (Å²) in [6, 6.07) is 8.24. The molecule has 2 rings (SSSR count). The number of methoxy groups -OCH3 is 1. The van der Waals surface area contributed by atoms with Crippen molar-refractivity contribution in [2.45, 2.75) is 45.8 Å². The van der Waals surface area contributed by atoms with Crippen LogP contribution in [-0.4, -0.2) is 24.6 Å². The number of nitriles is 1. The Morgan fingerprint density at radius 2 is 1.94 bits per heavy atom. The fourth-order valence-electron chi connectivity index (χ4n) is 2.98. The zero-order valence-electron chi connectivity index (χ0n) is 18.0. The third kappa shape index (κ3) is 5.74. The Labute approximate surface area is 185 Å². The number of nitrogens with one attached hydrogen (secondary N) is 1. The van der Waals surface area contributed by atoms with Crippen LogP contribution in [0.15, 0.2) is 30.3 Å². The number of ketones is 1. The van der Waals surface area contributed by atoms with Gasteiger partial charge >= 0.3 is 6.09 Å². The van der Waals surface area contributed by atoms with Crippen LogP contribution in [0, 0.1) is 17.1 Å². The molecule has 0 heterocycles. The lowest BCUT2D eigenvalue weighted by molar-refractivity contribution is 0.0501. The summed E-state index contributed by atoms with van der Waals surface area (Å²) in [5.41, 5.74) is -0.718. The molecule has 0 unspecified atom stereocenters. The molecule has 0 aliphatic carbocycles. The average molecular weight is 447 g/mol. The van der Waals surface area contributed by atoms with Crippen LogP contribution in [0.5, 0.6) is 5.75 Å². The molecule has 0 bridgehead atoms. The SMILES string of the molecule is CC[C@@H](NC(=O)OC(C)(C)C)c1ccc(Cl)c(C(=O)c2ccc(OC)c(C#N)c2)c1F. The molecule has 1 N–H and O–H groups in total. The van der Waals surface area contributed by atoms with Gasteiger partial charge in [0.25, 0.3) is 0 Å². The molecule has 0 saturated carbocycles. The molecule has 8 heteroatoms. The smallest absolute Gasteiger partial charge is 0.408 e. The van der Waals surface area contributed by atoms with Crippen molar-refractivity contribution in [2.75, 3.05) is 7.11 Å². The molecule has 0 radical (unpaired) electrons. The van der Waals surface area contributed by atoms with E-state index in [1.165, 1.54) is 37.4 Å². The second kappa shape index (κ2) is 9.80. The zero-order chi connectivity index (χ0) is 23.3. The second-order valence-electron chi connectivity index (χ2n) is 7.79. The summed E-state index contributed by atoms with van der Waals surface area (Å²) >= 11 is 6.16. The molecule has 1 atom stereocenters.